The molecule has 1 aromatic heterocycles. The first-order valence-corrected chi connectivity index (χ1v) is 6.99. The molecule has 0 amide bonds. The van der Waals surface area contributed by atoms with Gasteiger partial charge < -0.3 is 19.7 Å². The van der Waals surface area contributed by atoms with Crippen LogP contribution in [0.1, 0.15) is 31.1 Å². The van der Waals surface area contributed by atoms with Crippen molar-refractivity contribution in [2.45, 2.75) is 39.3 Å². The highest BCUT2D eigenvalue weighted by molar-refractivity contribution is 5.47. The number of aryl methyl sites for hydroxylation is 1. The van der Waals surface area contributed by atoms with Crippen LogP contribution in [0.5, 0.6) is 11.5 Å². The minimum absolute atomic E-state index is 0.0383. The molecule has 0 aliphatic carbocycles. The minimum atomic E-state index is 0.0383. The summed E-state index contributed by atoms with van der Waals surface area (Å²) in [5, 5.41) is 3.87. The number of hydrogen-bond donors (Lipinski definition) is 1. The molecule has 0 radical (unpaired) electrons. The Morgan fingerprint density at radius 3 is 2.81 bits per heavy atom. The van der Waals surface area contributed by atoms with Crippen molar-refractivity contribution in [3.63, 3.8) is 0 Å². The van der Waals surface area contributed by atoms with Crippen LogP contribution in [0.25, 0.3) is 0 Å². The van der Waals surface area contributed by atoms with Crippen molar-refractivity contribution in [3.8, 4) is 11.5 Å². The molecule has 6 heteroatoms. The van der Waals surface area contributed by atoms with Gasteiger partial charge in [0.2, 0.25) is 11.7 Å². The summed E-state index contributed by atoms with van der Waals surface area (Å²) in [6.07, 6.45) is 1.41. The molecule has 0 aliphatic heterocycles. The lowest BCUT2D eigenvalue weighted by atomic mass is 10.1. The van der Waals surface area contributed by atoms with Gasteiger partial charge in [-0.15, -0.1) is 0 Å². The van der Waals surface area contributed by atoms with E-state index in [1.165, 1.54) is 0 Å². The second-order valence-electron chi connectivity index (χ2n) is 4.88. The Balaban J connectivity index is 2.16. The third-order valence-electron chi connectivity index (χ3n) is 2.98. The summed E-state index contributed by atoms with van der Waals surface area (Å²) in [6, 6.07) is 5.80. The van der Waals surface area contributed by atoms with Gasteiger partial charge in [-0.3, -0.25) is 0 Å². The van der Waals surface area contributed by atoms with E-state index in [0.29, 0.717) is 36.1 Å². The van der Waals surface area contributed by atoms with Crippen LogP contribution >= 0.6 is 0 Å². The summed E-state index contributed by atoms with van der Waals surface area (Å²) < 4.78 is 16.3. The van der Waals surface area contributed by atoms with Gasteiger partial charge in [-0.2, -0.15) is 4.98 Å². The Kier molecular flexibility index (Phi) is 5.16. The van der Waals surface area contributed by atoms with E-state index in [0.717, 1.165) is 5.56 Å². The van der Waals surface area contributed by atoms with Gasteiger partial charge in [0.25, 0.3) is 0 Å². The summed E-state index contributed by atoms with van der Waals surface area (Å²) in [6.45, 7) is 4.14. The van der Waals surface area contributed by atoms with Crippen LogP contribution in [0.15, 0.2) is 22.7 Å². The fraction of sp³-hybridized carbons (Fsp3) is 0.467. The molecule has 2 aromatic rings. The molecule has 1 unspecified atom stereocenters. The maximum absolute atomic E-state index is 5.88. The highest BCUT2D eigenvalue weighted by atomic mass is 16.5. The molecule has 0 spiro atoms. The molecule has 0 aliphatic rings. The zero-order valence-electron chi connectivity index (χ0n) is 12.6. The third-order valence-corrected chi connectivity index (χ3v) is 2.98. The van der Waals surface area contributed by atoms with Gasteiger partial charge in [-0.05, 0) is 25.0 Å². The summed E-state index contributed by atoms with van der Waals surface area (Å²) in [7, 11) is 1.61. The number of methoxy groups -OCH3 is 1. The minimum Gasteiger partial charge on any atom is -0.493 e. The SMILES string of the molecule is CCc1nc(COc2c(CC(C)N)cccc2OC)no1. The molecule has 2 N–H and O–H groups in total. The molecule has 0 saturated carbocycles. The van der Waals surface area contributed by atoms with Crippen LogP contribution in [0, 0.1) is 0 Å². The number of hydrogen-bond acceptors (Lipinski definition) is 6. The topological polar surface area (TPSA) is 83.4 Å². The van der Waals surface area contributed by atoms with E-state index in [2.05, 4.69) is 10.1 Å². The molecule has 2 rings (SSSR count). The van der Waals surface area contributed by atoms with Crippen molar-refractivity contribution in [2.24, 2.45) is 5.73 Å². The van der Waals surface area contributed by atoms with Crippen LogP contribution in [-0.2, 0) is 19.4 Å². The number of nitrogens with two attached hydrogens (primary N) is 1. The summed E-state index contributed by atoms with van der Waals surface area (Å²) in [5.74, 6) is 2.47. The van der Waals surface area contributed by atoms with Gasteiger partial charge in [-0.1, -0.05) is 24.2 Å². The molecule has 0 saturated heterocycles. The van der Waals surface area contributed by atoms with Gasteiger partial charge in [0, 0.05) is 12.5 Å². The normalized spacial score (nSPS) is 12.2. The Hall–Kier alpha value is -2.08. The predicted octanol–water partition coefficient (Wildman–Crippen LogP) is 2.11. The first-order chi connectivity index (χ1) is 10.1. The molecule has 0 bridgehead atoms. The number of rotatable bonds is 7. The van der Waals surface area contributed by atoms with Crippen LogP contribution in [0.4, 0.5) is 0 Å². The summed E-state index contributed by atoms with van der Waals surface area (Å²) in [5.41, 5.74) is 6.88. The van der Waals surface area contributed by atoms with E-state index in [9.17, 15) is 0 Å². The number of para-hydroxylation sites is 1. The number of aromatic nitrogens is 2. The zero-order valence-corrected chi connectivity index (χ0v) is 12.6. The standard InChI is InChI=1S/C15H21N3O3/c1-4-14-17-13(18-21-14)9-20-15-11(8-10(2)16)6-5-7-12(15)19-3/h5-7,10H,4,8-9,16H2,1-3H3. The van der Waals surface area contributed by atoms with E-state index in [1.54, 1.807) is 7.11 Å². The highest BCUT2D eigenvalue weighted by Crippen LogP contribution is 2.32. The molecule has 1 aromatic carbocycles. The summed E-state index contributed by atoms with van der Waals surface area (Å²) >= 11 is 0. The van der Waals surface area contributed by atoms with Crippen molar-refractivity contribution < 1.29 is 14.0 Å². The number of benzene rings is 1. The Morgan fingerprint density at radius 1 is 1.38 bits per heavy atom. The summed E-state index contributed by atoms with van der Waals surface area (Å²) in [4.78, 5) is 4.22. The fourth-order valence-corrected chi connectivity index (χ4v) is 2.02. The van der Waals surface area contributed by atoms with Crippen LogP contribution in [0.2, 0.25) is 0 Å². The predicted molar refractivity (Wildman–Crippen MR) is 78.4 cm³/mol. The lowest BCUT2D eigenvalue weighted by molar-refractivity contribution is 0.266. The zero-order chi connectivity index (χ0) is 15.2. The highest BCUT2D eigenvalue weighted by Gasteiger charge is 2.14. The molecule has 6 nitrogen and oxygen atoms in total. The van der Waals surface area contributed by atoms with E-state index in [-0.39, 0.29) is 12.6 Å². The van der Waals surface area contributed by atoms with Gasteiger partial charge in [-0.25, -0.2) is 0 Å². The van der Waals surface area contributed by atoms with Crippen LogP contribution in [0.3, 0.4) is 0 Å². The Morgan fingerprint density at radius 2 is 2.19 bits per heavy atom. The van der Waals surface area contributed by atoms with Crippen molar-refractivity contribution in [2.75, 3.05) is 7.11 Å². The molecular formula is C15H21N3O3. The monoisotopic (exact) mass is 291 g/mol. The largest absolute Gasteiger partial charge is 0.493 e. The third kappa shape index (κ3) is 3.95. The smallest absolute Gasteiger partial charge is 0.226 e. The molecule has 1 atom stereocenters. The molecule has 114 valence electrons. The quantitative estimate of drug-likeness (QED) is 0.841. The lowest BCUT2D eigenvalue weighted by Gasteiger charge is -2.15. The van der Waals surface area contributed by atoms with Crippen molar-refractivity contribution in [1.29, 1.82) is 0 Å². The molecule has 1 heterocycles. The maximum atomic E-state index is 5.88. The molecular weight excluding hydrogens is 270 g/mol. The van der Waals surface area contributed by atoms with Gasteiger partial charge in [0.1, 0.15) is 0 Å². The van der Waals surface area contributed by atoms with Crippen LogP contribution in [-0.4, -0.2) is 23.3 Å². The fourth-order valence-electron chi connectivity index (χ4n) is 2.02. The van der Waals surface area contributed by atoms with Crippen molar-refractivity contribution >= 4 is 0 Å². The number of ether oxygens (including phenoxy) is 2. The average molecular weight is 291 g/mol. The first-order valence-electron chi connectivity index (χ1n) is 6.99. The first kappa shape index (κ1) is 15.3. The molecule has 0 fully saturated rings. The molecule has 21 heavy (non-hydrogen) atoms. The van der Waals surface area contributed by atoms with Crippen molar-refractivity contribution in [3.05, 3.63) is 35.5 Å². The van der Waals surface area contributed by atoms with Crippen LogP contribution < -0.4 is 15.2 Å². The van der Waals surface area contributed by atoms with E-state index < -0.39 is 0 Å². The van der Waals surface area contributed by atoms with Gasteiger partial charge >= 0.3 is 0 Å². The number of nitrogens with zero attached hydrogens (tertiary/aromatic N) is 2. The Labute approximate surface area is 124 Å². The second kappa shape index (κ2) is 7.08. The van der Waals surface area contributed by atoms with Crippen molar-refractivity contribution in [1.82, 2.24) is 10.1 Å². The van der Waals surface area contributed by atoms with Gasteiger partial charge in [0.05, 0.1) is 7.11 Å². The average Bonchev–Trinajstić information content (AvgIpc) is 2.93. The van der Waals surface area contributed by atoms with E-state index in [4.69, 9.17) is 19.7 Å². The van der Waals surface area contributed by atoms with Gasteiger partial charge in [0.15, 0.2) is 18.1 Å². The van der Waals surface area contributed by atoms with E-state index in [1.807, 2.05) is 32.0 Å². The lowest BCUT2D eigenvalue weighted by Crippen LogP contribution is -2.18. The van der Waals surface area contributed by atoms with E-state index >= 15 is 0 Å². The Bertz CT molecular complexity index is 581. The second-order valence-corrected chi connectivity index (χ2v) is 4.88. The maximum Gasteiger partial charge on any atom is 0.226 e.